The number of methoxy groups -OCH3 is 1. The first kappa shape index (κ1) is 25.2. The number of hydrazone groups is 1. The van der Waals surface area contributed by atoms with Gasteiger partial charge in [-0.2, -0.15) is 5.10 Å². The Morgan fingerprint density at radius 3 is 2.35 bits per heavy atom. The second-order valence-corrected chi connectivity index (χ2v) is 7.85. The minimum Gasteiger partial charge on any atom is -0.497 e. The minimum absolute atomic E-state index is 0.180. The molecule has 0 bridgehead atoms. The standard InChI is InChI=1S/C29H26N2O6/c1-3-35-27-16-20(8-15-26(27)37-29(33)22-10-12-24(34-2)13-11-22)18-30-31-28(32)19-36-25-14-9-21-6-4-5-7-23(21)17-25/h4-18H,3,19H2,1-2H3,(H,31,32). The molecule has 0 aromatic heterocycles. The molecule has 8 heteroatoms. The molecule has 4 aromatic carbocycles. The van der Waals surface area contributed by atoms with Crippen molar-refractivity contribution in [3.8, 4) is 23.0 Å². The maximum absolute atomic E-state index is 12.5. The molecule has 0 atom stereocenters. The van der Waals surface area contributed by atoms with Gasteiger partial charge in [-0.3, -0.25) is 4.79 Å². The fraction of sp³-hybridized carbons (Fsp3) is 0.138. The van der Waals surface area contributed by atoms with Gasteiger partial charge in [0.1, 0.15) is 11.5 Å². The summed E-state index contributed by atoms with van der Waals surface area (Å²) in [6.45, 7) is 2.02. The zero-order valence-corrected chi connectivity index (χ0v) is 20.5. The van der Waals surface area contributed by atoms with Crippen LogP contribution in [0.3, 0.4) is 0 Å². The maximum atomic E-state index is 12.5. The van der Waals surface area contributed by atoms with Crippen LogP contribution in [0, 0.1) is 0 Å². The van der Waals surface area contributed by atoms with E-state index >= 15 is 0 Å². The van der Waals surface area contributed by atoms with Gasteiger partial charge < -0.3 is 18.9 Å². The van der Waals surface area contributed by atoms with Crippen LogP contribution < -0.4 is 24.4 Å². The highest BCUT2D eigenvalue weighted by molar-refractivity contribution is 5.92. The smallest absolute Gasteiger partial charge is 0.343 e. The van der Waals surface area contributed by atoms with Crippen LogP contribution >= 0.6 is 0 Å². The summed E-state index contributed by atoms with van der Waals surface area (Å²) < 4.78 is 21.8. The quantitative estimate of drug-likeness (QED) is 0.143. The molecule has 37 heavy (non-hydrogen) atoms. The van der Waals surface area contributed by atoms with E-state index in [9.17, 15) is 9.59 Å². The average molecular weight is 499 g/mol. The molecule has 0 saturated carbocycles. The molecule has 188 valence electrons. The number of amides is 1. The first-order valence-electron chi connectivity index (χ1n) is 11.6. The molecule has 0 unspecified atom stereocenters. The molecule has 0 radical (unpaired) electrons. The lowest BCUT2D eigenvalue weighted by atomic mass is 10.1. The molecular formula is C29H26N2O6. The Labute approximate surface area is 214 Å². The van der Waals surface area contributed by atoms with Gasteiger partial charge in [-0.15, -0.1) is 0 Å². The zero-order chi connectivity index (χ0) is 26.0. The van der Waals surface area contributed by atoms with E-state index in [-0.39, 0.29) is 12.4 Å². The first-order chi connectivity index (χ1) is 18.1. The van der Waals surface area contributed by atoms with Crippen LogP contribution in [0.15, 0.2) is 90.0 Å². The van der Waals surface area contributed by atoms with E-state index < -0.39 is 11.9 Å². The highest BCUT2D eigenvalue weighted by Gasteiger charge is 2.13. The van der Waals surface area contributed by atoms with E-state index in [4.69, 9.17) is 18.9 Å². The largest absolute Gasteiger partial charge is 0.497 e. The third-order valence-electron chi connectivity index (χ3n) is 5.29. The van der Waals surface area contributed by atoms with Crippen molar-refractivity contribution in [3.63, 3.8) is 0 Å². The fourth-order valence-electron chi connectivity index (χ4n) is 3.46. The Morgan fingerprint density at radius 2 is 1.59 bits per heavy atom. The van der Waals surface area contributed by atoms with Crippen molar-refractivity contribution in [2.45, 2.75) is 6.92 Å². The van der Waals surface area contributed by atoms with Crippen LogP contribution in [0.25, 0.3) is 10.8 Å². The third kappa shape index (κ3) is 6.85. The van der Waals surface area contributed by atoms with Crippen LogP contribution in [0.2, 0.25) is 0 Å². The topological polar surface area (TPSA) is 95.5 Å². The minimum atomic E-state index is -0.524. The third-order valence-corrected chi connectivity index (χ3v) is 5.29. The summed E-state index contributed by atoms with van der Waals surface area (Å²) in [6, 6.07) is 25.1. The summed E-state index contributed by atoms with van der Waals surface area (Å²) in [5.41, 5.74) is 3.46. The Bertz CT molecular complexity index is 1420. The summed E-state index contributed by atoms with van der Waals surface area (Å²) in [5, 5.41) is 6.10. The van der Waals surface area contributed by atoms with Crippen LogP contribution in [0.5, 0.6) is 23.0 Å². The van der Waals surface area contributed by atoms with Crippen molar-refractivity contribution >= 4 is 28.9 Å². The number of fused-ring (bicyclic) bond motifs is 1. The molecule has 4 rings (SSSR count). The van der Waals surface area contributed by atoms with Gasteiger partial charge in [-0.05, 0) is 77.9 Å². The number of nitrogens with zero attached hydrogens (tertiary/aromatic N) is 1. The van der Waals surface area contributed by atoms with Crippen LogP contribution in [-0.2, 0) is 4.79 Å². The summed E-state index contributed by atoms with van der Waals surface area (Å²) >= 11 is 0. The number of carbonyl (C=O) groups excluding carboxylic acids is 2. The Balaban J connectivity index is 1.33. The average Bonchev–Trinajstić information content (AvgIpc) is 2.93. The first-order valence-corrected chi connectivity index (χ1v) is 11.6. The van der Waals surface area contributed by atoms with Gasteiger partial charge in [0.15, 0.2) is 18.1 Å². The van der Waals surface area contributed by atoms with Gasteiger partial charge >= 0.3 is 5.97 Å². The van der Waals surface area contributed by atoms with E-state index in [0.29, 0.717) is 35.0 Å². The van der Waals surface area contributed by atoms with Gasteiger partial charge in [0.25, 0.3) is 5.91 Å². The molecule has 0 aliphatic rings. The highest BCUT2D eigenvalue weighted by atomic mass is 16.6. The molecule has 0 aliphatic heterocycles. The Hall–Kier alpha value is -4.85. The van der Waals surface area contributed by atoms with Crippen molar-refractivity contribution in [3.05, 3.63) is 96.1 Å². The lowest BCUT2D eigenvalue weighted by Crippen LogP contribution is -2.24. The molecule has 1 N–H and O–H groups in total. The van der Waals surface area contributed by atoms with Gasteiger partial charge in [0.05, 0.1) is 25.5 Å². The van der Waals surface area contributed by atoms with Gasteiger partial charge in [-0.1, -0.05) is 30.3 Å². The van der Waals surface area contributed by atoms with Crippen LogP contribution in [-0.4, -0.2) is 38.4 Å². The lowest BCUT2D eigenvalue weighted by molar-refractivity contribution is -0.123. The number of benzene rings is 4. The van der Waals surface area contributed by atoms with E-state index in [1.54, 1.807) is 49.6 Å². The number of ether oxygens (including phenoxy) is 4. The lowest BCUT2D eigenvalue weighted by Gasteiger charge is -2.11. The highest BCUT2D eigenvalue weighted by Crippen LogP contribution is 2.29. The molecular weight excluding hydrogens is 472 g/mol. The van der Waals surface area contributed by atoms with Gasteiger partial charge in [0, 0.05) is 0 Å². The number of hydrogen-bond acceptors (Lipinski definition) is 7. The fourth-order valence-corrected chi connectivity index (χ4v) is 3.46. The van der Waals surface area contributed by atoms with Crippen LogP contribution in [0.1, 0.15) is 22.8 Å². The van der Waals surface area contributed by atoms with Crippen molar-refractivity contribution in [1.82, 2.24) is 5.43 Å². The monoisotopic (exact) mass is 498 g/mol. The molecule has 4 aromatic rings. The number of rotatable bonds is 10. The molecule has 0 spiro atoms. The van der Waals surface area contributed by atoms with Crippen LogP contribution in [0.4, 0.5) is 0 Å². The molecule has 0 saturated heterocycles. The summed E-state index contributed by atoms with van der Waals surface area (Å²) in [7, 11) is 1.55. The van der Waals surface area contributed by atoms with Gasteiger partial charge in [0.2, 0.25) is 0 Å². The SMILES string of the molecule is CCOc1cc(C=NNC(=O)COc2ccc3ccccc3c2)ccc1OC(=O)c1ccc(OC)cc1. The Morgan fingerprint density at radius 1 is 0.838 bits per heavy atom. The zero-order valence-electron chi connectivity index (χ0n) is 20.5. The van der Waals surface area contributed by atoms with E-state index in [0.717, 1.165) is 10.8 Å². The summed E-state index contributed by atoms with van der Waals surface area (Å²) in [4.78, 5) is 24.7. The second kappa shape index (κ2) is 12.2. The predicted molar refractivity (Wildman–Crippen MR) is 141 cm³/mol. The van der Waals surface area contributed by atoms with E-state index in [1.165, 1.54) is 6.21 Å². The molecule has 0 aliphatic carbocycles. The predicted octanol–water partition coefficient (Wildman–Crippen LogP) is 5.00. The van der Waals surface area contributed by atoms with Crippen molar-refractivity contribution in [1.29, 1.82) is 0 Å². The Kier molecular flexibility index (Phi) is 8.33. The molecule has 0 fully saturated rings. The van der Waals surface area contributed by atoms with Crippen molar-refractivity contribution in [2.24, 2.45) is 5.10 Å². The number of nitrogens with one attached hydrogen (secondary N) is 1. The second-order valence-electron chi connectivity index (χ2n) is 7.85. The summed E-state index contributed by atoms with van der Waals surface area (Å²) in [6.07, 6.45) is 1.46. The number of esters is 1. The van der Waals surface area contributed by atoms with E-state index in [2.05, 4.69) is 10.5 Å². The maximum Gasteiger partial charge on any atom is 0.343 e. The molecule has 8 nitrogen and oxygen atoms in total. The normalized spacial score (nSPS) is 10.8. The van der Waals surface area contributed by atoms with Crippen molar-refractivity contribution in [2.75, 3.05) is 20.3 Å². The van der Waals surface area contributed by atoms with E-state index in [1.807, 2.05) is 49.4 Å². The number of hydrogen-bond donors (Lipinski definition) is 1. The van der Waals surface area contributed by atoms with Gasteiger partial charge in [-0.25, -0.2) is 10.2 Å². The summed E-state index contributed by atoms with van der Waals surface area (Å²) in [5.74, 6) is 0.955. The molecule has 0 heterocycles. The number of carbonyl (C=O) groups is 2. The molecule has 1 amide bonds. The van der Waals surface area contributed by atoms with Crippen molar-refractivity contribution < 1.29 is 28.5 Å².